The van der Waals surface area contributed by atoms with Crippen molar-refractivity contribution in [2.24, 2.45) is 14.1 Å². The molecule has 2 amide bonds. The molecule has 6 aromatic rings. The van der Waals surface area contributed by atoms with Gasteiger partial charge >= 0.3 is 5.69 Å². The number of carbonyl (C=O) groups excluding carboxylic acids is 2. The lowest BCUT2D eigenvalue weighted by Crippen LogP contribution is -2.23. The molecule has 2 aromatic carbocycles. The van der Waals surface area contributed by atoms with E-state index in [1.807, 2.05) is 6.92 Å². The van der Waals surface area contributed by atoms with Crippen molar-refractivity contribution in [3.8, 4) is 11.4 Å². The number of pyridine rings is 1. The second-order valence-corrected chi connectivity index (χ2v) is 10.5. The molecular weight excluding hydrogens is 576 g/mol. The molecule has 4 heterocycles. The lowest BCUT2D eigenvalue weighted by Gasteiger charge is -2.13. The minimum atomic E-state index is -0.535. The number of rotatable bonds is 7. The molecular formula is C31H30N10O4. The number of anilines is 2. The van der Waals surface area contributed by atoms with Crippen LogP contribution in [-0.4, -0.2) is 50.3 Å². The molecule has 0 unspecified atom stereocenters. The zero-order valence-electron chi connectivity index (χ0n) is 25.3. The number of benzene rings is 2. The molecule has 0 saturated heterocycles. The summed E-state index contributed by atoms with van der Waals surface area (Å²) in [6, 6.07) is 16.8. The predicted molar refractivity (Wildman–Crippen MR) is 168 cm³/mol. The lowest BCUT2D eigenvalue weighted by molar-refractivity contribution is 0.101. The minimum Gasteiger partial charge on any atom is -0.321 e. The third kappa shape index (κ3) is 5.22. The van der Waals surface area contributed by atoms with Gasteiger partial charge in [-0.15, -0.1) is 0 Å². The summed E-state index contributed by atoms with van der Waals surface area (Å²) < 4.78 is 7.51. The largest absolute Gasteiger partial charge is 0.350 e. The minimum absolute atomic E-state index is 0.0696. The monoisotopic (exact) mass is 606 g/mol. The number of amides is 2. The molecule has 0 radical (unpaired) electrons. The first-order chi connectivity index (χ1) is 21.5. The fourth-order valence-electron chi connectivity index (χ4n) is 5.36. The maximum absolute atomic E-state index is 13.8. The standard InChI is InChI=1S/C31H30N10O4/c1-6-39-27-24(30(44)41(39)23-12-10-22(11-13-23)40-19(3)35-38(5)31(40)45)16-18(2)32-26(27)29(43)33-21-9-7-8-20(17-21)28(42)34-25-14-15-37(4)36-25/h7-17H,6H2,1-5H3,(H,33,43)(H,34,36,42). The summed E-state index contributed by atoms with van der Waals surface area (Å²) in [7, 11) is 3.33. The van der Waals surface area contributed by atoms with Crippen molar-refractivity contribution >= 4 is 34.2 Å². The van der Waals surface area contributed by atoms with Crippen LogP contribution in [0.4, 0.5) is 11.5 Å². The predicted octanol–water partition coefficient (Wildman–Crippen LogP) is 2.95. The van der Waals surface area contributed by atoms with E-state index in [0.717, 1.165) is 0 Å². The Kier molecular flexibility index (Phi) is 7.24. The van der Waals surface area contributed by atoms with Gasteiger partial charge in [-0.1, -0.05) is 6.07 Å². The van der Waals surface area contributed by atoms with Crippen molar-refractivity contribution in [3.05, 3.63) is 110 Å². The van der Waals surface area contributed by atoms with E-state index in [9.17, 15) is 19.2 Å². The molecule has 14 heteroatoms. The summed E-state index contributed by atoms with van der Waals surface area (Å²) in [6.07, 6.45) is 1.71. The van der Waals surface area contributed by atoms with Gasteiger partial charge in [0, 0.05) is 49.8 Å². The number of hydrogen-bond acceptors (Lipinski definition) is 7. The van der Waals surface area contributed by atoms with Gasteiger partial charge in [-0.3, -0.25) is 23.7 Å². The van der Waals surface area contributed by atoms with E-state index in [1.54, 1.807) is 104 Å². The highest BCUT2D eigenvalue weighted by molar-refractivity contribution is 6.11. The molecule has 0 spiro atoms. The average Bonchev–Trinajstić information content (AvgIpc) is 3.64. The summed E-state index contributed by atoms with van der Waals surface area (Å²) in [6.45, 7) is 5.68. The van der Waals surface area contributed by atoms with Crippen LogP contribution in [-0.2, 0) is 20.6 Å². The van der Waals surface area contributed by atoms with Gasteiger partial charge in [0.05, 0.1) is 16.8 Å². The average molecular weight is 607 g/mol. The van der Waals surface area contributed by atoms with Crippen LogP contribution in [0.15, 0.2) is 76.4 Å². The van der Waals surface area contributed by atoms with Crippen LogP contribution in [0.2, 0.25) is 0 Å². The molecule has 228 valence electrons. The molecule has 0 aliphatic rings. The third-order valence-corrected chi connectivity index (χ3v) is 7.33. The van der Waals surface area contributed by atoms with Crippen LogP contribution < -0.4 is 21.9 Å². The zero-order chi connectivity index (χ0) is 32.0. The molecule has 14 nitrogen and oxygen atoms in total. The molecule has 0 atom stereocenters. The van der Waals surface area contributed by atoms with Gasteiger partial charge in [-0.05, 0) is 69.3 Å². The Hall–Kier alpha value is -6.05. The van der Waals surface area contributed by atoms with Crippen LogP contribution in [0.3, 0.4) is 0 Å². The van der Waals surface area contributed by atoms with E-state index in [4.69, 9.17) is 0 Å². The second kappa shape index (κ2) is 11.2. The Labute approximate surface area is 256 Å². The zero-order valence-corrected chi connectivity index (χ0v) is 25.3. The molecule has 45 heavy (non-hydrogen) atoms. The molecule has 2 N–H and O–H groups in total. The quantitative estimate of drug-likeness (QED) is 0.283. The first kappa shape index (κ1) is 29.0. The van der Waals surface area contributed by atoms with Gasteiger partial charge in [0.1, 0.15) is 11.3 Å². The number of hydrogen-bond donors (Lipinski definition) is 2. The lowest BCUT2D eigenvalue weighted by atomic mass is 10.1. The number of aromatic nitrogens is 8. The van der Waals surface area contributed by atoms with Crippen LogP contribution in [0.25, 0.3) is 22.3 Å². The Balaban J connectivity index is 1.35. The maximum atomic E-state index is 13.8. The summed E-state index contributed by atoms with van der Waals surface area (Å²) in [5.41, 5.74) is 2.20. The fourth-order valence-corrected chi connectivity index (χ4v) is 5.36. The summed E-state index contributed by atoms with van der Waals surface area (Å²) in [4.78, 5) is 57.4. The molecule has 0 saturated carbocycles. The molecule has 4 aromatic heterocycles. The van der Waals surface area contributed by atoms with Crippen LogP contribution in [0.5, 0.6) is 0 Å². The van der Waals surface area contributed by atoms with Crippen molar-refractivity contribution in [1.29, 1.82) is 0 Å². The van der Waals surface area contributed by atoms with Gasteiger partial charge in [0.25, 0.3) is 17.4 Å². The van der Waals surface area contributed by atoms with Crippen LogP contribution in [0, 0.1) is 13.8 Å². The maximum Gasteiger partial charge on any atom is 0.350 e. The van der Waals surface area contributed by atoms with E-state index in [2.05, 4.69) is 25.8 Å². The molecule has 0 aliphatic heterocycles. The third-order valence-electron chi connectivity index (χ3n) is 7.33. The number of fused-ring (bicyclic) bond motifs is 1. The Morgan fingerprint density at radius 3 is 2.24 bits per heavy atom. The van der Waals surface area contributed by atoms with Gasteiger partial charge < -0.3 is 10.6 Å². The Morgan fingerprint density at radius 2 is 1.60 bits per heavy atom. The SMILES string of the molecule is CCn1c2c(C(=O)Nc3cccc(C(=O)Nc4ccn(C)n4)c3)nc(C)cc2c(=O)n1-c1ccc(-n2c(C)nn(C)c2=O)cc1. The highest BCUT2D eigenvalue weighted by Gasteiger charge is 2.23. The highest BCUT2D eigenvalue weighted by Crippen LogP contribution is 2.22. The van der Waals surface area contributed by atoms with E-state index in [-0.39, 0.29) is 22.9 Å². The van der Waals surface area contributed by atoms with Crippen molar-refractivity contribution in [2.75, 3.05) is 10.6 Å². The number of nitrogens with one attached hydrogen (secondary N) is 2. The number of nitrogens with zero attached hydrogens (tertiary/aromatic N) is 8. The molecule has 0 fully saturated rings. The topological polar surface area (TPSA) is 156 Å². The van der Waals surface area contributed by atoms with E-state index in [1.165, 1.54) is 13.9 Å². The van der Waals surface area contributed by atoms with E-state index in [0.29, 0.717) is 57.4 Å². The molecule has 6 rings (SSSR count). The van der Waals surface area contributed by atoms with Crippen LogP contribution in [0.1, 0.15) is 39.3 Å². The van der Waals surface area contributed by atoms with Gasteiger partial charge in [-0.2, -0.15) is 10.2 Å². The highest BCUT2D eigenvalue weighted by atomic mass is 16.2. The van der Waals surface area contributed by atoms with Crippen molar-refractivity contribution in [3.63, 3.8) is 0 Å². The Morgan fingerprint density at radius 1 is 0.867 bits per heavy atom. The summed E-state index contributed by atoms with van der Waals surface area (Å²) in [5.74, 6) is 0.0206. The molecule has 0 bridgehead atoms. The summed E-state index contributed by atoms with van der Waals surface area (Å²) >= 11 is 0. The van der Waals surface area contributed by atoms with Gasteiger partial charge in [0.15, 0.2) is 11.5 Å². The number of carbonyl (C=O) groups is 2. The second-order valence-electron chi connectivity index (χ2n) is 10.5. The first-order valence-electron chi connectivity index (χ1n) is 14.1. The summed E-state index contributed by atoms with van der Waals surface area (Å²) in [5, 5.41) is 14.2. The first-order valence-corrected chi connectivity index (χ1v) is 14.1. The van der Waals surface area contributed by atoms with Crippen LogP contribution >= 0.6 is 0 Å². The van der Waals surface area contributed by atoms with Crippen molar-refractivity contribution in [2.45, 2.75) is 27.3 Å². The smallest absolute Gasteiger partial charge is 0.321 e. The van der Waals surface area contributed by atoms with Gasteiger partial charge in [0.2, 0.25) is 0 Å². The van der Waals surface area contributed by atoms with Crippen molar-refractivity contribution < 1.29 is 9.59 Å². The fraction of sp³-hybridized carbons (Fsp3) is 0.194. The van der Waals surface area contributed by atoms with Crippen molar-refractivity contribution in [1.82, 2.24) is 38.5 Å². The van der Waals surface area contributed by atoms with E-state index >= 15 is 0 Å². The van der Waals surface area contributed by atoms with Gasteiger partial charge in [-0.25, -0.2) is 23.7 Å². The molecule has 0 aliphatic carbocycles. The number of aryl methyl sites for hydroxylation is 5. The Bertz CT molecular complexity index is 2230. The van der Waals surface area contributed by atoms with E-state index < -0.39 is 5.91 Å². The normalized spacial score (nSPS) is 11.2.